The lowest BCUT2D eigenvalue weighted by molar-refractivity contribution is 0.139. The van der Waals surface area contributed by atoms with Gasteiger partial charge in [-0.2, -0.15) is 0 Å². The van der Waals surface area contributed by atoms with Gasteiger partial charge < -0.3 is 42.5 Å². The molecule has 0 aromatic heterocycles. The van der Waals surface area contributed by atoms with Crippen LogP contribution in [0, 0.1) is 107 Å². The van der Waals surface area contributed by atoms with Crippen molar-refractivity contribution >= 4 is 0 Å². The summed E-state index contributed by atoms with van der Waals surface area (Å²) in [5.41, 5.74) is 0. The van der Waals surface area contributed by atoms with E-state index in [1.165, 1.54) is 154 Å². The molecular weight excluding hydrogens is 1000 g/mol. The van der Waals surface area contributed by atoms with Crippen molar-refractivity contribution in [1.29, 1.82) is 0 Å². The highest BCUT2D eigenvalue weighted by Crippen LogP contribution is 2.53. The molecule has 0 aliphatic carbocycles. The molecular formula is C74H138N8. The van der Waals surface area contributed by atoms with Crippen LogP contribution in [0.2, 0.25) is 0 Å². The first-order valence-corrected chi connectivity index (χ1v) is 38.0. The van der Waals surface area contributed by atoms with E-state index >= 15 is 0 Å². The lowest BCUT2D eigenvalue weighted by Gasteiger charge is -2.41. The van der Waals surface area contributed by atoms with E-state index in [0.717, 1.165) is 88.8 Å². The highest BCUT2D eigenvalue weighted by Gasteiger charge is 2.58. The second-order valence-electron chi connectivity index (χ2n) is 31.2. The van der Waals surface area contributed by atoms with Gasteiger partial charge in [0.15, 0.2) is 0 Å². The van der Waals surface area contributed by atoms with Gasteiger partial charge in [-0.25, -0.2) is 0 Å². The fourth-order valence-corrected chi connectivity index (χ4v) is 25.7. The fourth-order valence-electron chi connectivity index (χ4n) is 25.7. The molecule has 10 saturated heterocycles. The zero-order chi connectivity index (χ0) is 58.3. The van der Waals surface area contributed by atoms with Crippen LogP contribution in [0.25, 0.3) is 0 Å². The van der Waals surface area contributed by atoms with Crippen molar-refractivity contribution in [2.75, 3.05) is 0 Å². The summed E-state index contributed by atoms with van der Waals surface area (Å²) < 4.78 is 0. The molecule has 8 heteroatoms. The van der Waals surface area contributed by atoms with Crippen molar-refractivity contribution in [1.82, 2.24) is 42.5 Å². The minimum atomic E-state index is 0.559. The van der Waals surface area contributed by atoms with Gasteiger partial charge >= 0.3 is 0 Å². The molecule has 0 radical (unpaired) electrons. The third kappa shape index (κ3) is 11.8. The van der Waals surface area contributed by atoms with Crippen LogP contribution >= 0.6 is 0 Å². The number of nitrogens with one attached hydrogen (secondary N) is 8. The first kappa shape index (κ1) is 64.7. The van der Waals surface area contributed by atoms with E-state index in [0.29, 0.717) is 114 Å². The average molecular weight is 1140 g/mol. The minimum absolute atomic E-state index is 0.559. The standard InChI is InChI=1S/C74H138N8/c1-17-41-35-60-56(32-16)70-51(27-11)46(22-6)68(78-70)40-69-50(26-10)55(31-15)74(82-69)57(71-52(28-12)47(23-7)65(79-71)36-59(41)75-60)33-34-58-72-53(29-13)48(24-8)66(80-72)38-63-44(20-4)42(18-2)61(76-63)37-62-43(19-3)45(21-5)64(77-62)39-67-49(25-9)54(30-14)73(58)81-67/h41-82H,17-40H2,1-16H3/t41?,42-,43+,44+,45-,46-,47?,48?,49+,50+,51+,52+,53+,54-,55-,56-,57+,58?,59+,60+,61-,62+,63+,64-,65-,66-,67+,68-,69+,70-,71-,72-,73+,74+/m0/s1. The summed E-state index contributed by atoms with van der Waals surface area (Å²) in [4.78, 5) is 0. The van der Waals surface area contributed by atoms with Crippen LogP contribution in [0.3, 0.4) is 0 Å². The first-order valence-electron chi connectivity index (χ1n) is 38.0. The highest BCUT2D eigenvalue weighted by molar-refractivity contribution is 5.15. The van der Waals surface area contributed by atoms with E-state index in [1.54, 1.807) is 0 Å². The molecule has 474 valence electrons. The molecule has 8 N–H and O–H groups in total. The van der Waals surface area contributed by atoms with Crippen LogP contribution in [0.1, 0.15) is 265 Å². The second-order valence-corrected chi connectivity index (χ2v) is 31.2. The molecule has 0 aromatic carbocycles. The van der Waals surface area contributed by atoms with Gasteiger partial charge in [0.2, 0.25) is 0 Å². The summed E-state index contributed by atoms with van der Waals surface area (Å²) in [7, 11) is 0. The summed E-state index contributed by atoms with van der Waals surface area (Å²) in [5, 5.41) is 37.7. The molecule has 0 aromatic rings. The molecule has 0 amide bonds. The largest absolute Gasteiger partial charge is 0.311 e. The maximum Gasteiger partial charge on any atom is 0.0144 e. The fraction of sp³-hybridized carbons (Fsp3) is 1.00. The van der Waals surface area contributed by atoms with E-state index in [1.807, 2.05) is 0 Å². The van der Waals surface area contributed by atoms with Gasteiger partial charge in [0, 0.05) is 96.7 Å². The van der Waals surface area contributed by atoms with E-state index in [4.69, 9.17) is 21.3 Å². The van der Waals surface area contributed by atoms with Crippen molar-refractivity contribution in [3.8, 4) is 0 Å². The topological polar surface area (TPSA) is 96.2 Å². The Morgan fingerprint density at radius 2 is 0.354 bits per heavy atom. The van der Waals surface area contributed by atoms with Crippen molar-refractivity contribution in [3.63, 3.8) is 0 Å². The molecule has 10 fully saturated rings. The Bertz CT molecular complexity index is 1870. The van der Waals surface area contributed by atoms with Gasteiger partial charge in [0.1, 0.15) is 0 Å². The molecule has 10 rings (SSSR count). The van der Waals surface area contributed by atoms with Crippen LogP contribution in [-0.4, -0.2) is 96.7 Å². The van der Waals surface area contributed by atoms with Crippen molar-refractivity contribution < 1.29 is 0 Å². The number of hydrogen-bond donors (Lipinski definition) is 8. The maximum absolute atomic E-state index is 4.85. The predicted octanol–water partition coefficient (Wildman–Crippen LogP) is 14.5. The molecule has 10 aliphatic rings. The Morgan fingerprint density at radius 1 is 0.171 bits per heavy atom. The molecule has 34 atom stereocenters. The molecule has 10 aliphatic heterocycles. The zero-order valence-electron chi connectivity index (χ0n) is 56.6. The number of hydrogen-bond acceptors (Lipinski definition) is 8. The average Bonchev–Trinajstić information content (AvgIpc) is 4.58. The van der Waals surface area contributed by atoms with Gasteiger partial charge in [0.05, 0.1) is 0 Å². The molecule has 0 spiro atoms. The van der Waals surface area contributed by atoms with Crippen LogP contribution in [0.15, 0.2) is 0 Å². The Balaban J connectivity index is 1.06. The molecule has 4 unspecified atom stereocenters. The quantitative estimate of drug-likeness (QED) is 0.0648. The maximum atomic E-state index is 4.85. The van der Waals surface area contributed by atoms with Crippen molar-refractivity contribution in [2.45, 2.75) is 362 Å². The molecule has 8 nitrogen and oxygen atoms in total. The van der Waals surface area contributed by atoms with Crippen LogP contribution < -0.4 is 42.5 Å². The normalized spacial score (nSPS) is 52.1. The number of rotatable bonds is 19. The van der Waals surface area contributed by atoms with Gasteiger partial charge in [-0.15, -0.1) is 0 Å². The van der Waals surface area contributed by atoms with E-state index in [2.05, 4.69) is 132 Å². The summed E-state index contributed by atoms with van der Waals surface area (Å²) in [6.45, 7) is 41.2. The van der Waals surface area contributed by atoms with E-state index < -0.39 is 0 Å². The summed E-state index contributed by atoms with van der Waals surface area (Å²) in [5.74, 6) is 13.3. The first-order chi connectivity index (χ1) is 39.9. The third-order valence-corrected chi connectivity index (χ3v) is 29.0. The molecule has 16 bridgehead atoms. The van der Waals surface area contributed by atoms with Gasteiger partial charge in [-0.3, -0.25) is 0 Å². The summed E-state index contributed by atoms with van der Waals surface area (Å²) in [6, 6.07) is 9.57. The summed E-state index contributed by atoms with van der Waals surface area (Å²) >= 11 is 0. The minimum Gasteiger partial charge on any atom is -0.311 e. The predicted molar refractivity (Wildman–Crippen MR) is 350 cm³/mol. The third-order valence-electron chi connectivity index (χ3n) is 29.0. The van der Waals surface area contributed by atoms with Gasteiger partial charge in [0.25, 0.3) is 0 Å². The Morgan fingerprint density at radius 3 is 0.585 bits per heavy atom. The van der Waals surface area contributed by atoms with Crippen LogP contribution in [0.4, 0.5) is 0 Å². The molecule has 10 heterocycles. The smallest absolute Gasteiger partial charge is 0.0144 e. The SMILES string of the molecule is CCC1[C@@H]2C[C@H]3N[C@H](CC3CC)[C@H](CC)[C@H]3N[C@@H](C[C@H]4N[C@H]([C@@H](CC)[C@H]4CC)[C@H](CCC4[C@H]5N[C@@H](C[C@H]6N[C@@H](C[C@H]7N[C@@H](C[C@H]8N[C@@H]4[C@@H](CC)[C@H]8CC)[C@@H](CC)[C@H]7CC)[C@@H](CC)[C@H]6CC)C(CC)[C@H]5CC)[C@@H](N2)[C@@H]1CC)[C@@H](CC)[C@H]3CC. The summed E-state index contributed by atoms with van der Waals surface area (Å²) in [6.07, 6.45) is 31.6. The van der Waals surface area contributed by atoms with Crippen LogP contribution in [0.5, 0.6) is 0 Å². The Hall–Kier alpha value is -0.320. The van der Waals surface area contributed by atoms with E-state index in [-0.39, 0.29) is 0 Å². The zero-order valence-corrected chi connectivity index (χ0v) is 56.6. The number of fused-ring (bicyclic) bond motifs is 16. The van der Waals surface area contributed by atoms with Gasteiger partial charge in [-0.1, -0.05) is 214 Å². The lowest BCUT2D eigenvalue weighted by Crippen LogP contribution is -2.53. The van der Waals surface area contributed by atoms with Crippen molar-refractivity contribution in [3.05, 3.63) is 0 Å². The van der Waals surface area contributed by atoms with Gasteiger partial charge in [-0.05, 0) is 158 Å². The van der Waals surface area contributed by atoms with Crippen molar-refractivity contribution in [2.24, 2.45) is 107 Å². The van der Waals surface area contributed by atoms with Crippen LogP contribution in [-0.2, 0) is 0 Å². The molecule has 82 heavy (non-hydrogen) atoms. The highest BCUT2D eigenvalue weighted by atomic mass is 15.1. The van der Waals surface area contributed by atoms with E-state index in [9.17, 15) is 0 Å². The Labute approximate surface area is 508 Å². The monoisotopic (exact) mass is 1140 g/mol. The molecule has 0 saturated carbocycles. The lowest BCUT2D eigenvalue weighted by atomic mass is 9.67. The second kappa shape index (κ2) is 28.7. The Kier molecular flexibility index (Phi) is 22.6.